The maximum atomic E-state index is 11.1. The third-order valence-corrected chi connectivity index (χ3v) is 2.54. The average molecular weight is 230 g/mol. The molecule has 1 rings (SSSR count). The first-order valence-electron chi connectivity index (χ1n) is 5.66. The molecule has 17 heavy (non-hydrogen) atoms. The third kappa shape index (κ3) is 4.71. The molecule has 0 amide bonds. The minimum atomic E-state index is -0.622. The molecule has 0 heterocycles. The van der Waals surface area contributed by atoms with E-state index in [4.69, 9.17) is 4.74 Å². The molecule has 0 N–H and O–H groups in total. The zero-order valence-corrected chi connectivity index (χ0v) is 10.4. The lowest BCUT2D eigenvalue weighted by Crippen LogP contribution is -2.29. The van der Waals surface area contributed by atoms with E-state index in [1.54, 1.807) is 6.08 Å². The zero-order valence-electron chi connectivity index (χ0n) is 10.4. The van der Waals surface area contributed by atoms with Gasteiger partial charge in [0.05, 0.1) is 0 Å². The molecule has 90 valence electrons. The third-order valence-electron chi connectivity index (χ3n) is 2.54. The fraction of sp³-hybridized carbons (Fsp3) is 0.333. The zero-order chi connectivity index (χ0) is 12.7. The Labute approximate surface area is 103 Å². The Bertz CT molecular complexity index is 416. The van der Waals surface area contributed by atoms with Gasteiger partial charge in [0.15, 0.2) is 0 Å². The molecule has 1 unspecified atom stereocenters. The van der Waals surface area contributed by atoms with Crippen LogP contribution in [0.2, 0.25) is 0 Å². The topological polar surface area (TPSA) is 26.3 Å². The second-order valence-corrected chi connectivity index (χ2v) is 4.24. The number of carbonyl (C=O) groups is 1. The van der Waals surface area contributed by atoms with E-state index in [1.165, 1.54) is 12.5 Å². The van der Waals surface area contributed by atoms with Gasteiger partial charge in [0.1, 0.15) is 5.60 Å². The Hall–Kier alpha value is -1.79. The summed E-state index contributed by atoms with van der Waals surface area (Å²) in [4.78, 5) is 11.1. The predicted molar refractivity (Wildman–Crippen MR) is 68.6 cm³/mol. The van der Waals surface area contributed by atoms with Crippen molar-refractivity contribution in [2.45, 2.75) is 32.3 Å². The normalized spacial score (nSPS) is 13.3. The van der Waals surface area contributed by atoms with E-state index >= 15 is 0 Å². The van der Waals surface area contributed by atoms with E-state index in [-0.39, 0.29) is 5.97 Å². The second kappa shape index (κ2) is 6.07. The predicted octanol–water partition coefficient (Wildman–Crippen LogP) is 3.28. The molecule has 1 aromatic carbocycles. The van der Waals surface area contributed by atoms with Crippen LogP contribution in [0.4, 0.5) is 0 Å². The Morgan fingerprint density at radius 2 is 2.12 bits per heavy atom. The molecule has 0 aliphatic heterocycles. The summed E-state index contributed by atoms with van der Waals surface area (Å²) < 4.78 is 5.30. The summed E-state index contributed by atoms with van der Waals surface area (Å²) in [5, 5.41) is 0. The lowest BCUT2D eigenvalue weighted by Gasteiger charge is -2.24. The molecule has 1 atom stereocenters. The van der Waals surface area contributed by atoms with E-state index in [1.807, 2.05) is 25.1 Å². The highest BCUT2D eigenvalue weighted by Crippen LogP contribution is 2.20. The standard InChI is InChI=1S/C15H18O2/c1-4-11-15(3,17-13(2)16)12-10-14-8-6-5-7-9-14/h5-9,11H,1,10,12H2,2-3H3. The molecule has 1 aromatic rings. The fourth-order valence-corrected chi connectivity index (χ4v) is 1.73. The summed E-state index contributed by atoms with van der Waals surface area (Å²) in [6.45, 7) is 6.82. The first-order valence-corrected chi connectivity index (χ1v) is 5.66. The molecule has 0 radical (unpaired) electrons. The van der Waals surface area contributed by atoms with Gasteiger partial charge in [-0.2, -0.15) is 0 Å². The Balaban J connectivity index is 2.68. The minimum Gasteiger partial charge on any atom is -0.455 e. The van der Waals surface area contributed by atoms with Crippen LogP contribution in [0.25, 0.3) is 0 Å². The van der Waals surface area contributed by atoms with E-state index in [9.17, 15) is 4.79 Å². The molecule has 0 aliphatic carbocycles. The highest BCUT2D eigenvalue weighted by Gasteiger charge is 2.23. The number of hydrogen-bond acceptors (Lipinski definition) is 2. The Morgan fingerprint density at radius 3 is 2.65 bits per heavy atom. The largest absolute Gasteiger partial charge is 0.455 e. The lowest BCUT2D eigenvalue weighted by molar-refractivity contribution is -0.151. The van der Waals surface area contributed by atoms with Gasteiger partial charge in [-0.05, 0) is 25.3 Å². The van der Waals surface area contributed by atoms with Crippen LogP contribution in [-0.2, 0) is 16.0 Å². The number of hydrogen-bond donors (Lipinski definition) is 0. The molecule has 0 aromatic heterocycles. The van der Waals surface area contributed by atoms with Crippen molar-refractivity contribution in [2.24, 2.45) is 0 Å². The van der Waals surface area contributed by atoms with E-state index in [2.05, 4.69) is 24.4 Å². The van der Waals surface area contributed by atoms with Crippen LogP contribution in [0.5, 0.6) is 0 Å². The van der Waals surface area contributed by atoms with Crippen molar-refractivity contribution in [3.05, 3.63) is 54.3 Å². The summed E-state index contributed by atoms with van der Waals surface area (Å²) in [7, 11) is 0. The quantitative estimate of drug-likeness (QED) is 0.573. The summed E-state index contributed by atoms with van der Waals surface area (Å²) >= 11 is 0. The van der Waals surface area contributed by atoms with Gasteiger partial charge >= 0.3 is 5.97 Å². The first kappa shape index (κ1) is 13.3. The number of rotatable bonds is 5. The maximum Gasteiger partial charge on any atom is 0.303 e. The SMILES string of the molecule is C=C=CC(C)(CCc1ccccc1)OC(C)=O. The smallest absolute Gasteiger partial charge is 0.303 e. The fourth-order valence-electron chi connectivity index (χ4n) is 1.73. The molecule has 0 saturated carbocycles. The molecular weight excluding hydrogens is 212 g/mol. The van der Waals surface area contributed by atoms with Gasteiger partial charge in [-0.15, -0.1) is 5.73 Å². The van der Waals surface area contributed by atoms with Crippen LogP contribution >= 0.6 is 0 Å². The van der Waals surface area contributed by atoms with Crippen molar-refractivity contribution in [3.8, 4) is 0 Å². The van der Waals surface area contributed by atoms with Crippen LogP contribution in [-0.4, -0.2) is 11.6 Å². The minimum absolute atomic E-state index is 0.285. The average Bonchev–Trinajstić information content (AvgIpc) is 2.27. The number of benzene rings is 1. The van der Waals surface area contributed by atoms with Crippen LogP contribution in [0.15, 0.2) is 48.7 Å². The first-order chi connectivity index (χ1) is 8.06. The lowest BCUT2D eigenvalue weighted by atomic mass is 9.96. The molecule has 0 fully saturated rings. The van der Waals surface area contributed by atoms with Crippen LogP contribution < -0.4 is 0 Å². The van der Waals surface area contributed by atoms with E-state index in [0.717, 1.165) is 12.8 Å². The molecule has 0 aliphatic rings. The van der Waals surface area contributed by atoms with Crippen molar-refractivity contribution < 1.29 is 9.53 Å². The molecule has 2 heteroatoms. The Morgan fingerprint density at radius 1 is 1.47 bits per heavy atom. The van der Waals surface area contributed by atoms with Gasteiger partial charge in [0.2, 0.25) is 0 Å². The summed E-state index contributed by atoms with van der Waals surface area (Å²) in [6.07, 6.45) is 3.28. The summed E-state index contributed by atoms with van der Waals surface area (Å²) in [5.41, 5.74) is 3.30. The Kier molecular flexibility index (Phi) is 4.74. The molecule has 0 saturated heterocycles. The van der Waals surface area contributed by atoms with Crippen LogP contribution in [0.3, 0.4) is 0 Å². The highest BCUT2D eigenvalue weighted by molar-refractivity contribution is 5.66. The van der Waals surface area contributed by atoms with Crippen molar-refractivity contribution in [2.75, 3.05) is 0 Å². The number of ether oxygens (including phenoxy) is 1. The van der Waals surface area contributed by atoms with Gasteiger partial charge < -0.3 is 4.74 Å². The summed E-state index contributed by atoms with van der Waals surface area (Å²) in [6, 6.07) is 10.1. The van der Waals surface area contributed by atoms with E-state index in [0.29, 0.717) is 0 Å². The van der Waals surface area contributed by atoms with Gasteiger partial charge in [-0.1, -0.05) is 36.9 Å². The van der Waals surface area contributed by atoms with Crippen molar-refractivity contribution >= 4 is 5.97 Å². The molecule has 0 bridgehead atoms. The van der Waals surface area contributed by atoms with Crippen LogP contribution in [0, 0.1) is 0 Å². The van der Waals surface area contributed by atoms with Gasteiger partial charge in [-0.3, -0.25) is 4.79 Å². The monoisotopic (exact) mass is 230 g/mol. The number of carbonyl (C=O) groups excluding carboxylic acids is 1. The number of aryl methyl sites for hydroxylation is 1. The van der Waals surface area contributed by atoms with Crippen molar-refractivity contribution in [1.29, 1.82) is 0 Å². The molecular formula is C15H18O2. The molecule has 2 nitrogen and oxygen atoms in total. The highest BCUT2D eigenvalue weighted by atomic mass is 16.6. The number of esters is 1. The van der Waals surface area contributed by atoms with Gasteiger partial charge in [0, 0.05) is 13.0 Å². The maximum absolute atomic E-state index is 11.1. The molecule has 0 spiro atoms. The van der Waals surface area contributed by atoms with Gasteiger partial charge in [-0.25, -0.2) is 0 Å². The van der Waals surface area contributed by atoms with E-state index < -0.39 is 5.60 Å². The summed E-state index contributed by atoms with van der Waals surface area (Å²) in [5.74, 6) is -0.285. The van der Waals surface area contributed by atoms with Gasteiger partial charge in [0.25, 0.3) is 0 Å². The van der Waals surface area contributed by atoms with Crippen LogP contribution in [0.1, 0.15) is 25.8 Å². The van der Waals surface area contributed by atoms with Crippen molar-refractivity contribution in [1.82, 2.24) is 0 Å². The van der Waals surface area contributed by atoms with Crippen molar-refractivity contribution in [3.63, 3.8) is 0 Å². The second-order valence-electron chi connectivity index (χ2n) is 4.24.